The van der Waals surface area contributed by atoms with Crippen LogP contribution in [0.4, 0.5) is 14.6 Å². The van der Waals surface area contributed by atoms with Crippen molar-refractivity contribution in [3.63, 3.8) is 0 Å². The summed E-state index contributed by atoms with van der Waals surface area (Å²) in [6.07, 6.45) is 3.51. The lowest BCUT2D eigenvalue weighted by atomic mass is 10.2. The lowest BCUT2D eigenvalue weighted by Crippen LogP contribution is -2.25. The van der Waals surface area contributed by atoms with E-state index in [-0.39, 0.29) is 16.4 Å². The van der Waals surface area contributed by atoms with Gasteiger partial charge in [0.2, 0.25) is 0 Å². The Bertz CT molecular complexity index is 952. The van der Waals surface area contributed by atoms with E-state index in [1.807, 2.05) is 6.07 Å². The van der Waals surface area contributed by atoms with E-state index >= 15 is 0 Å². The summed E-state index contributed by atoms with van der Waals surface area (Å²) in [4.78, 5) is 8.41. The van der Waals surface area contributed by atoms with Crippen molar-refractivity contribution in [2.45, 2.75) is 13.3 Å². The molecule has 0 fully saturated rings. The minimum Gasteiger partial charge on any atom is -0.619 e. The van der Waals surface area contributed by atoms with Gasteiger partial charge in [0.15, 0.2) is 18.2 Å². The van der Waals surface area contributed by atoms with Crippen LogP contribution in [0.1, 0.15) is 11.3 Å². The van der Waals surface area contributed by atoms with Crippen LogP contribution >= 0.6 is 11.6 Å². The van der Waals surface area contributed by atoms with Crippen LogP contribution in [0.5, 0.6) is 0 Å². The summed E-state index contributed by atoms with van der Waals surface area (Å²) in [5.74, 6) is -0.888. The molecule has 1 N–H and O–H groups in total. The van der Waals surface area contributed by atoms with Crippen LogP contribution in [0.15, 0.2) is 42.7 Å². The summed E-state index contributed by atoms with van der Waals surface area (Å²) in [6.45, 7) is 2.25. The maximum Gasteiger partial charge on any atom is 0.183 e. The van der Waals surface area contributed by atoms with E-state index < -0.39 is 11.6 Å². The number of aromatic nitrogens is 3. The number of aryl methyl sites for hydroxylation is 1. The maximum atomic E-state index is 14.1. The van der Waals surface area contributed by atoms with Crippen LogP contribution in [0.25, 0.3) is 11.4 Å². The predicted octanol–water partition coefficient (Wildman–Crippen LogP) is 3.67. The molecule has 0 aliphatic rings. The maximum absolute atomic E-state index is 14.1. The van der Waals surface area contributed by atoms with Gasteiger partial charge in [-0.1, -0.05) is 11.6 Å². The van der Waals surface area contributed by atoms with Crippen molar-refractivity contribution < 1.29 is 13.5 Å². The highest BCUT2D eigenvalue weighted by Gasteiger charge is 2.14. The fraction of sp³-hybridized carbons (Fsp3) is 0.167. The largest absolute Gasteiger partial charge is 0.619 e. The lowest BCUT2D eigenvalue weighted by Gasteiger charge is -2.10. The van der Waals surface area contributed by atoms with E-state index in [4.69, 9.17) is 11.6 Å². The van der Waals surface area contributed by atoms with Crippen molar-refractivity contribution in [3.8, 4) is 11.4 Å². The molecule has 26 heavy (non-hydrogen) atoms. The summed E-state index contributed by atoms with van der Waals surface area (Å²) in [7, 11) is 0. The van der Waals surface area contributed by atoms with Gasteiger partial charge in [0.25, 0.3) is 0 Å². The molecule has 0 amide bonds. The first-order valence-corrected chi connectivity index (χ1v) is 8.22. The zero-order valence-electron chi connectivity index (χ0n) is 13.8. The van der Waals surface area contributed by atoms with E-state index in [1.54, 1.807) is 19.1 Å². The number of pyridine rings is 1. The molecule has 134 valence electrons. The molecule has 0 radical (unpaired) electrons. The van der Waals surface area contributed by atoms with Crippen molar-refractivity contribution in [2.24, 2.45) is 0 Å². The number of nitrogens with zero attached hydrogens (tertiary/aromatic N) is 3. The van der Waals surface area contributed by atoms with Gasteiger partial charge in [-0.3, -0.25) is 0 Å². The zero-order chi connectivity index (χ0) is 18.7. The van der Waals surface area contributed by atoms with Gasteiger partial charge >= 0.3 is 0 Å². The molecule has 0 spiro atoms. The highest BCUT2D eigenvalue weighted by Crippen LogP contribution is 2.26. The third-order valence-corrected chi connectivity index (χ3v) is 3.95. The second-order valence-corrected chi connectivity index (χ2v) is 6.12. The molecule has 3 rings (SSSR count). The number of hydrogen-bond acceptors (Lipinski definition) is 4. The average molecular weight is 377 g/mol. The minimum absolute atomic E-state index is 0.0610. The van der Waals surface area contributed by atoms with Crippen molar-refractivity contribution in [2.75, 3.05) is 11.9 Å². The Balaban J connectivity index is 1.79. The third-order valence-electron chi connectivity index (χ3n) is 3.66. The summed E-state index contributed by atoms with van der Waals surface area (Å²) >= 11 is 5.58. The van der Waals surface area contributed by atoms with Crippen molar-refractivity contribution in [3.05, 3.63) is 75.8 Å². The summed E-state index contributed by atoms with van der Waals surface area (Å²) in [5.41, 5.74) is 1.41. The van der Waals surface area contributed by atoms with E-state index in [1.165, 1.54) is 12.4 Å². The van der Waals surface area contributed by atoms with E-state index in [2.05, 4.69) is 15.3 Å². The molecule has 0 aliphatic heterocycles. The molecule has 0 aliphatic carbocycles. The Morgan fingerprint density at radius 1 is 1.19 bits per heavy atom. The number of anilines is 1. The number of hydrogen-bond donors (Lipinski definition) is 1. The zero-order valence-corrected chi connectivity index (χ0v) is 14.6. The quantitative estimate of drug-likeness (QED) is 0.419. The first-order valence-electron chi connectivity index (χ1n) is 7.84. The smallest absolute Gasteiger partial charge is 0.183 e. The van der Waals surface area contributed by atoms with Gasteiger partial charge in [-0.15, -0.1) is 0 Å². The molecular weight excluding hydrogens is 362 g/mol. The van der Waals surface area contributed by atoms with Crippen molar-refractivity contribution in [1.29, 1.82) is 0 Å². The second kappa shape index (κ2) is 7.61. The summed E-state index contributed by atoms with van der Waals surface area (Å²) < 4.78 is 28.5. The molecule has 2 aromatic heterocycles. The molecule has 0 unspecified atom stereocenters. The molecule has 0 saturated heterocycles. The van der Waals surface area contributed by atoms with Crippen molar-refractivity contribution in [1.82, 2.24) is 9.97 Å². The fourth-order valence-corrected chi connectivity index (χ4v) is 2.61. The first kappa shape index (κ1) is 18.0. The Labute approximate surface area is 153 Å². The number of nitrogens with one attached hydrogen (secondary N) is 1. The SMILES string of the molecule is Cc1cc(NCCc2ccc[n+]([O-])c2)nc(-c2cc(F)c(Cl)cc2F)n1. The highest BCUT2D eigenvalue weighted by molar-refractivity contribution is 6.30. The molecular formula is C18H15ClF2N4O. The molecule has 1 aromatic carbocycles. The summed E-state index contributed by atoms with van der Waals surface area (Å²) in [6, 6.07) is 7.10. The predicted molar refractivity (Wildman–Crippen MR) is 94.7 cm³/mol. The molecule has 0 atom stereocenters. The van der Waals surface area contributed by atoms with Crippen LogP contribution in [-0.4, -0.2) is 16.5 Å². The van der Waals surface area contributed by atoms with Gasteiger partial charge < -0.3 is 10.5 Å². The van der Waals surface area contributed by atoms with Gasteiger partial charge in [0, 0.05) is 29.9 Å². The lowest BCUT2D eigenvalue weighted by molar-refractivity contribution is -0.605. The number of rotatable bonds is 5. The Morgan fingerprint density at radius 3 is 2.77 bits per heavy atom. The molecule has 0 bridgehead atoms. The van der Waals surface area contributed by atoms with Crippen LogP contribution < -0.4 is 10.0 Å². The molecule has 2 heterocycles. The average Bonchev–Trinajstić information content (AvgIpc) is 2.58. The number of halogens is 3. The van der Waals surface area contributed by atoms with Crippen LogP contribution in [0.3, 0.4) is 0 Å². The van der Waals surface area contributed by atoms with Gasteiger partial charge in [-0.2, -0.15) is 4.73 Å². The second-order valence-electron chi connectivity index (χ2n) is 5.71. The van der Waals surface area contributed by atoms with Gasteiger partial charge in [0.05, 0.1) is 10.6 Å². The monoisotopic (exact) mass is 376 g/mol. The topological polar surface area (TPSA) is 64.8 Å². The van der Waals surface area contributed by atoms with Gasteiger partial charge in [-0.25, -0.2) is 18.7 Å². The van der Waals surface area contributed by atoms with Crippen LogP contribution in [-0.2, 0) is 6.42 Å². The van der Waals surface area contributed by atoms with Crippen LogP contribution in [0.2, 0.25) is 5.02 Å². The number of benzene rings is 1. The van der Waals surface area contributed by atoms with Crippen molar-refractivity contribution >= 4 is 17.4 Å². The van der Waals surface area contributed by atoms with Gasteiger partial charge in [0.1, 0.15) is 17.5 Å². The Kier molecular flexibility index (Phi) is 5.27. The standard InChI is InChI=1S/C18H15ClF2N4O/c1-11-7-17(22-5-4-12-3-2-6-25(26)10-12)24-18(23-11)13-8-16(21)14(19)9-15(13)20/h2-3,6-10H,4-5H2,1H3,(H,22,23,24). The van der Waals surface area contributed by atoms with E-state index in [0.29, 0.717) is 24.5 Å². The summed E-state index contributed by atoms with van der Waals surface area (Å²) in [5, 5.41) is 14.1. The molecule has 5 nitrogen and oxygen atoms in total. The van der Waals surface area contributed by atoms with Gasteiger partial charge in [-0.05, 0) is 31.5 Å². The van der Waals surface area contributed by atoms with E-state index in [0.717, 1.165) is 22.4 Å². The van der Waals surface area contributed by atoms with Crippen LogP contribution in [0, 0.1) is 23.8 Å². The molecule has 8 heteroatoms. The Morgan fingerprint density at radius 2 is 2.00 bits per heavy atom. The Hall–Kier alpha value is -2.80. The van der Waals surface area contributed by atoms with E-state index in [9.17, 15) is 14.0 Å². The molecule has 0 saturated carbocycles. The minimum atomic E-state index is -0.738. The fourth-order valence-electron chi connectivity index (χ4n) is 2.46. The third kappa shape index (κ3) is 4.23. The highest BCUT2D eigenvalue weighted by atomic mass is 35.5. The molecule has 3 aromatic rings. The first-order chi connectivity index (χ1) is 12.4. The normalized spacial score (nSPS) is 10.8.